The Bertz CT molecular complexity index is 1190. The van der Waals surface area contributed by atoms with Crippen molar-refractivity contribution in [3.05, 3.63) is 64.8 Å². The number of hydrogen-bond acceptors (Lipinski definition) is 5. The fraction of sp³-hybridized carbons (Fsp3) is 0.448. The van der Waals surface area contributed by atoms with Gasteiger partial charge in [-0.2, -0.15) is 0 Å². The van der Waals surface area contributed by atoms with Gasteiger partial charge in [-0.3, -0.25) is 9.59 Å². The summed E-state index contributed by atoms with van der Waals surface area (Å²) in [6, 6.07) is 14.5. The molecule has 0 aliphatic rings. The maximum absolute atomic E-state index is 12.1. The van der Waals surface area contributed by atoms with Gasteiger partial charge in [0.2, 0.25) is 0 Å². The van der Waals surface area contributed by atoms with Crippen LogP contribution in [0, 0.1) is 0 Å². The molecule has 6 nitrogen and oxygen atoms in total. The second kappa shape index (κ2) is 13.0. The average molecular weight is 511 g/mol. The van der Waals surface area contributed by atoms with Crippen LogP contribution in [0.2, 0.25) is 0 Å². The van der Waals surface area contributed by atoms with E-state index in [4.69, 9.17) is 10.5 Å². The van der Waals surface area contributed by atoms with Crippen LogP contribution >= 0.6 is 11.8 Å². The number of unbranched alkanes of at least 4 members (excludes halogenated alkanes) is 1. The van der Waals surface area contributed by atoms with Crippen molar-refractivity contribution in [3.8, 4) is 0 Å². The van der Waals surface area contributed by atoms with E-state index >= 15 is 0 Å². The van der Waals surface area contributed by atoms with Gasteiger partial charge in [0.05, 0.1) is 6.61 Å². The molecule has 1 amide bonds. The van der Waals surface area contributed by atoms with Crippen molar-refractivity contribution in [2.45, 2.75) is 76.8 Å². The molecule has 0 bridgehead atoms. The number of rotatable bonds is 13. The van der Waals surface area contributed by atoms with Crippen LogP contribution in [0.1, 0.15) is 81.4 Å². The third-order valence-electron chi connectivity index (χ3n) is 6.37. The predicted molar refractivity (Wildman–Crippen MR) is 146 cm³/mol. The van der Waals surface area contributed by atoms with Gasteiger partial charge in [-0.25, -0.2) is 0 Å². The molecule has 1 unspecified atom stereocenters. The summed E-state index contributed by atoms with van der Waals surface area (Å²) in [7, 11) is 0. The summed E-state index contributed by atoms with van der Waals surface area (Å²) in [5.74, 6) is 0.267. The predicted octanol–water partition coefficient (Wildman–Crippen LogP) is 5.72. The first-order chi connectivity index (χ1) is 17.3. The number of primary amides is 1. The van der Waals surface area contributed by atoms with Gasteiger partial charge < -0.3 is 20.1 Å². The van der Waals surface area contributed by atoms with E-state index in [1.807, 2.05) is 32.0 Å². The average Bonchev–Trinajstić information content (AvgIpc) is 3.15. The lowest BCUT2D eigenvalue weighted by Crippen LogP contribution is -2.22. The van der Waals surface area contributed by atoms with Crippen LogP contribution in [0.4, 0.5) is 0 Å². The Balaban J connectivity index is 2.03. The molecule has 0 radical (unpaired) electrons. The number of nitrogens with zero attached hydrogens (tertiary/aromatic N) is 1. The van der Waals surface area contributed by atoms with Crippen LogP contribution in [0.15, 0.2) is 47.4 Å². The fourth-order valence-corrected chi connectivity index (χ4v) is 5.84. The van der Waals surface area contributed by atoms with Gasteiger partial charge in [0.1, 0.15) is 0 Å². The molecule has 1 heterocycles. The molecule has 7 heteroatoms. The summed E-state index contributed by atoms with van der Waals surface area (Å²) in [6.07, 6.45) is 1.40. The Morgan fingerprint density at radius 2 is 1.83 bits per heavy atom. The van der Waals surface area contributed by atoms with Crippen LogP contribution in [0.3, 0.4) is 0 Å². The van der Waals surface area contributed by atoms with Gasteiger partial charge in [-0.1, -0.05) is 51.1 Å². The summed E-state index contributed by atoms with van der Waals surface area (Å²) < 4.78 is 7.23. The molecule has 3 aromatic rings. The summed E-state index contributed by atoms with van der Waals surface area (Å²) in [5, 5.41) is 11.7. The maximum Gasteiger partial charge on any atom is 0.305 e. The Kier molecular flexibility index (Phi) is 10.0. The standard InChI is InChI=1S/C29H38N2O4S/c1-5-23-27(28(33)29(30)34)22-17-25(36-15-11-10-14-26(32)35-6-2)21(19(3)4)16-24(22)31(23)18-20-12-8-7-9-13-20/h7-9,12-13,16-17,19,28,33H,5-6,10-11,14-15,18H2,1-4H3,(H2,30,34). The molecule has 0 fully saturated rings. The number of thioether (sulfide) groups is 1. The smallest absolute Gasteiger partial charge is 0.305 e. The third-order valence-corrected chi connectivity index (χ3v) is 7.52. The minimum absolute atomic E-state index is 0.149. The van der Waals surface area contributed by atoms with E-state index in [0.29, 0.717) is 37.5 Å². The van der Waals surface area contributed by atoms with Crippen LogP contribution < -0.4 is 5.73 Å². The zero-order valence-electron chi connectivity index (χ0n) is 21.8. The van der Waals surface area contributed by atoms with Gasteiger partial charge in [-0.15, -0.1) is 11.8 Å². The largest absolute Gasteiger partial charge is 0.466 e. The molecule has 3 N–H and O–H groups in total. The van der Waals surface area contributed by atoms with Crippen molar-refractivity contribution in [2.75, 3.05) is 12.4 Å². The van der Waals surface area contributed by atoms with Crippen LogP contribution in [0.25, 0.3) is 10.9 Å². The van der Waals surface area contributed by atoms with Gasteiger partial charge >= 0.3 is 5.97 Å². The number of aliphatic hydroxyl groups is 1. The van der Waals surface area contributed by atoms with Crippen LogP contribution in [0.5, 0.6) is 0 Å². The highest BCUT2D eigenvalue weighted by Crippen LogP contribution is 2.39. The Morgan fingerprint density at radius 1 is 1.11 bits per heavy atom. The maximum atomic E-state index is 12.1. The number of aromatic nitrogens is 1. The normalized spacial score (nSPS) is 12.3. The van der Waals surface area contributed by atoms with Crippen LogP contribution in [-0.4, -0.2) is 33.9 Å². The Morgan fingerprint density at radius 3 is 2.44 bits per heavy atom. The van der Waals surface area contributed by atoms with Gasteiger partial charge in [0, 0.05) is 40.0 Å². The van der Waals surface area contributed by atoms with E-state index in [1.54, 1.807) is 11.8 Å². The summed E-state index contributed by atoms with van der Waals surface area (Å²) >= 11 is 1.75. The van der Waals surface area contributed by atoms with Gasteiger partial charge in [-0.05, 0) is 61.1 Å². The lowest BCUT2D eigenvalue weighted by Gasteiger charge is -2.15. The van der Waals surface area contributed by atoms with Crippen molar-refractivity contribution < 1.29 is 19.4 Å². The molecule has 0 aliphatic carbocycles. The van der Waals surface area contributed by atoms with Crippen molar-refractivity contribution >= 4 is 34.5 Å². The molecule has 3 rings (SSSR count). The SMILES string of the molecule is CCOC(=O)CCCCSc1cc2c(C(O)C(N)=O)c(CC)n(Cc3ccccc3)c2cc1C(C)C. The second-order valence-electron chi connectivity index (χ2n) is 9.26. The van der Waals surface area contributed by atoms with Gasteiger partial charge in [0.25, 0.3) is 5.91 Å². The zero-order valence-corrected chi connectivity index (χ0v) is 22.6. The van der Waals surface area contributed by atoms with Crippen molar-refractivity contribution in [1.82, 2.24) is 4.57 Å². The summed E-state index contributed by atoms with van der Waals surface area (Å²) in [6.45, 7) is 9.26. The molecule has 2 aromatic carbocycles. The first kappa shape index (κ1) is 27.8. The molecule has 0 aliphatic heterocycles. The molecule has 1 aromatic heterocycles. The molecule has 0 spiro atoms. The first-order valence-corrected chi connectivity index (χ1v) is 13.8. The van der Waals surface area contributed by atoms with E-state index < -0.39 is 12.0 Å². The quantitative estimate of drug-likeness (QED) is 0.174. The molecule has 194 valence electrons. The number of aliphatic hydroxyl groups excluding tert-OH is 1. The number of carbonyl (C=O) groups excluding carboxylic acids is 2. The number of hydrogen-bond donors (Lipinski definition) is 2. The number of ether oxygens (including phenoxy) is 1. The first-order valence-electron chi connectivity index (χ1n) is 12.8. The number of carbonyl (C=O) groups is 2. The lowest BCUT2D eigenvalue weighted by atomic mass is 9.98. The highest BCUT2D eigenvalue weighted by molar-refractivity contribution is 7.99. The number of benzene rings is 2. The summed E-state index contributed by atoms with van der Waals surface area (Å²) in [5.41, 5.74) is 10.5. The van der Waals surface area contributed by atoms with E-state index in [9.17, 15) is 14.7 Å². The monoisotopic (exact) mass is 510 g/mol. The lowest BCUT2D eigenvalue weighted by molar-refractivity contribution is -0.143. The van der Waals surface area contributed by atoms with Crippen molar-refractivity contribution in [1.29, 1.82) is 0 Å². The van der Waals surface area contributed by atoms with E-state index in [-0.39, 0.29) is 5.97 Å². The molecular weight excluding hydrogens is 472 g/mol. The van der Waals surface area contributed by atoms with Gasteiger partial charge in [0.15, 0.2) is 6.10 Å². The Hall–Kier alpha value is -2.77. The number of esters is 1. The molecule has 0 saturated carbocycles. The highest BCUT2D eigenvalue weighted by atomic mass is 32.2. The Labute approximate surface area is 218 Å². The third kappa shape index (κ3) is 6.51. The topological polar surface area (TPSA) is 94.6 Å². The van der Waals surface area contributed by atoms with E-state index in [0.717, 1.165) is 45.7 Å². The minimum atomic E-state index is -1.37. The minimum Gasteiger partial charge on any atom is -0.466 e. The fourth-order valence-electron chi connectivity index (χ4n) is 4.61. The molecule has 36 heavy (non-hydrogen) atoms. The number of amides is 1. The molecular formula is C29H38N2O4S. The molecule has 0 saturated heterocycles. The summed E-state index contributed by atoms with van der Waals surface area (Å²) in [4.78, 5) is 24.9. The zero-order chi connectivity index (χ0) is 26.2. The molecule has 1 atom stereocenters. The number of fused-ring (bicyclic) bond motifs is 1. The number of nitrogens with two attached hydrogens (primary N) is 1. The van der Waals surface area contributed by atoms with Crippen molar-refractivity contribution in [2.24, 2.45) is 5.73 Å². The highest BCUT2D eigenvalue weighted by Gasteiger charge is 2.26. The van der Waals surface area contributed by atoms with Crippen molar-refractivity contribution in [3.63, 3.8) is 0 Å². The van der Waals surface area contributed by atoms with E-state index in [2.05, 4.69) is 42.7 Å². The second-order valence-corrected chi connectivity index (χ2v) is 10.4. The van der Waals surface area contributed by atoms with Crippen LogP contribution in [-0.2, 0) is 27.3 Å². The van der Waals surface area contributed by atoms with E-state index in [1.165, 1.54) is 5.56 Å².